The van der Waals surface area contributed by atoms with Gasteiger partial charge in [0.25, 0.3) is 0 Å². The highest BCUT2D eigenvalue weighted by Gasteiger charge is 2.07. The number of rotatable bonds is 6. The Morgan fingerprint density at radius 2 is 1.94 bits per heavy atom. The lowest BCUT2D eigenvalue weighted by Crippen LogP contribution is -2.20. The Labute approximate surface area is 113 Å². The van der Waals surface area contributed by atoms with E-state index < -0.39 is 0 Å². The van der Waals surface area contributed by atoms with E-state index in [9.17, 15) is 0 Å². The van der Waals surface area contributed by atoms with Crippen molar-refractivity contribution in [2.45, 2.75) is 19.3 Å². The van der Waals surface area contributed by atoms with Crippen LogP contribution in [0.15, 0.2) is 30.6 Å². The molecular weight excluding hydrogens is 246 g/mol. The second kappa shape index (κ2) is 6.55. The van der Waals surface area contributed by atoms with Crippen LogP contribution in [0.3, 0.4) is 0 Å². The number of anilines is 1. The molecule has 0 amide bonds. The first-order valence-electron chi connectivity index (χ1n) is 6.30. The molecule has 0 atom stereocenters. The quantitative estimate of drug-likeness (QED) is 0.590. The van der Waals surface area contributed by atoms with E-state index in [1.807, 2.05) is 18.2 Å². The Hall–Kier alpha value is -1.35. The molecule has 0 saturated carbocycles. The zero-order chi connectivity index (χ0) is 12.8. The number of nitrogens with zero attached hydrogens (tertiary/aromatic N) is 3. The third kappa shape index (κ3) is 3.10. The predicted octanol–water partition coefficient (Wildman–Crippen LogP) is 3.48. The summed E-state index contributed by atoms with van der Waals surface area (Å²) in [5, 5.41) is 1.11. The molecular formula is C14H18ClN3. The molecule has 96 valence electrons. The molecule has 1 aromatic heterocycles. The maximum Gasteiger partial charge on any atom is 0.139 e. The maximum absolute atomic E-state index is 5.68. The molecule has 0 spiro atoms. The van der Waals surface area contributed by atoms with E-state index in [-0.39, 0.29) is 0 Å². The van der Waals surface area contributed by atoms with Crippen LogP contribution in [0.1, 0.15) is 19.3 Å². The van der Waals surface area contributed by atoms with E-state index in [1.165, 1.54) is 0 Å². The minimum absolute atomic E-state index is 0.750. The maximum atomic E-state index is 5.68. The van der Waals surface area contributed by atoms with Crippen molar-refractivity contribution in [3.8, 4) is 0 Å². The molecule has 3 nitrogen and oxygen atoms in total. The fourth-order valence-corrected chi connectivity index (χ4v) is 2.21. The number of para-hydroxylation sites is 1. The summed E-state index contributed by atoms with van der Waals surface area (Å²) in [6.07, 6.45) is 5.02. The van der Waals surface area contributed by atoms with Crippen molar-refractivity contribution in [1.82, 2.24) is 9.97 Å². The van der Waals surface area contributed by atoms with Crippen LogP contribution in [-0.4, -0.2) is 29.4 Å². The van der Waals surface area contributed by atoms with Gasteiger partial charge in [-0.3, -0.25) is 0 Å². The summed E-state index contributed by atoms with van der Waals surface area (Å²) in [4.78, 5) is 10.9. The van der Waals surface area contributed by atoms with Crippen LogP contribution in [0.4, 0.5) is 5.82 Å². The fraction of sp³-hybridized carbons (Fsp3) is 0.429. The number of halogens is 1. The molecule has 0 unspecified atom stereocenters. The Morgan fingerprint density at radius 3 is 2.78 bits per heavy atom. The van der Waals surface area contributed by atoms with Gasteiger partial charge in [0.1, 0.15) is 12.1 Å². The summed E-state index contributed by atoms with van der Waals surface area (Å²) < 4.78 is 0. The van der Waals surface area contributed by atoms with Gasteiger partial charge in [-0.15, -0.1) is 11.6 Å². The van der Waals surface area contributed by atoms with Crippen molar-refractivity contribution in [2.24, 2.45) is 0 Å². The van der Waals surface area contributed by atoms with Gasteiger partial charge in [-0.05, 0) is 25.0 Å². The molecule has 0 aliphatic carbocycles. The van der Waals surface area contributed by atoms with Crippen LogP contribution >= 0.6 is 11.6 Å². The predicted molar refractivity (Wildman–Crippen MR) is 77.4 cm³/mol. The number of hydrogen-bond donors (Lipinski definition) is 0. The van der Waals surface area contributed by atoms with Gasteiger partial charge in [0.05, 0.1) is 5.52 Å². The van der Waals surface area contributed by atoms with Gasteiger partial charge in [-0.2, -0.15) is 0 Å². The van der Waals surface area contributed by atoms with Gasteiger partial charge in [0, 0.05) is 24.9 Å². The molecule has 18 heavy (non-hydrogen) atoms. The number of benzene rings is 1. The first-order valence-corrected chi connectivity index (χ1v) is 6.83. The molecule has 0 radical (unpaired) electrons. The Bertz CT molecular complexity index is 496. The smallest absolute Gasteiger partial charge is 0.139 e. The summed E-state index contributed by atoms with van der Waals surface area (Å²) >= 11 is 5.68. The molecule has 0 saturated heterocycles. The molecule has 0 fully saturated rings. The Balaban J connectivity index is 2.10. The van der Waals surface area contributed by atoms with Crippen molar-refractivity contribution >= 4 is 28.3 Å². The van der Waals surface area contributed by atoms with Crippen molar-refractivity contribution in [3.05, 3.63) is 30.6 Å². The molecule has 1 heterocycles. The second-order valence-corrected chi connectivity index (χ2v) is 4.76. The number of aromatic nitrogens is 2. The minimum atomic E-state index is 0.750. The fourth-order valence-electron chi connectivity index (χ4n) is 2.02. The standard InChI is InChI=1S/C14H18ClN3/c1-18(10-6-2-5-9-15)14-12-7-3-4-8-13(12)16-11-17-14/h3-4,7-8,11H,2,5-6,9-10H2,1H3. The molecule has 2 rings (SSSR count). The molecule has 0 N–H and O–H groups in total. The minimum Gasteiger partial charge on any atom is -0.359 e. The summed E-state index contributed by atoms with van der Waals surface area (Å²) in [7, 11) is 2.08. The topological polar surface area (TPSA) is 29.0 Å². The normalized spacial score (nSPS) is 10.8. The van der Waals surface area contributed by atoms with Crippen LogP contribution in [0.2, 0.25) is 0 Å². The van der Waals surface area contributed by atoms with Gasteiger partial charge in [-0.25, -0.2) is 9.97 Å². The lowest BCUT2D eigenvalue weighted by Gasteiger charge is -2.19. The Kier molecular flexibility index (Phi) is 4.76. The van der Waals surface area contributed by atoms with Crippen LogP contribution < -0.4 is 4.90 Å². The lowest BCUT2D eigenvalue weighted by molar-refractivity contribution is 0.705. The first kappa shape index (κ1) is 13.1. The van der Waals surface area contributed by atoms with E-state index in [1.54, 1.807) is 6.33 Å². The Morgan fingerprint density at radius 1 is 1.11 bits per heavy atom. The molecule has 4 heteroatoms. The zero-order valence-corrected chi connectivity index (χ0v) is 11.4. The molecule has 0 bridgehead atoms. The molecule has 1 aromatic carbocycles. The van der Waals surface area contributed by atoms with Crippen molar-refractivity contribution in [2.75, 3.05) is 24.4 Å². The van der Waals surface area contributed by atoms with Crippen molar-refractivity contribution in [3.63, 3.8) is 0 Å². The third-order valence-electron chi connectivity index (χ3n) is 3.01. The average Bonchev–Trinajstić information content (AvgIpc) is 2.43. The van der Waals surface area contributed by atoms with E-state index in [4.69, 9.17) is 11.6 Å². The van der Waals surface area contributed by atoms with Gasteiger partial charge in [-0.1, -0.05) is 18.6 Å². The van der Waals surface area contributed by atoms with Crippen LogP contribution in [-0.2, 0) is 0 Å². The molecule has 0 aliphatic rings. The monoisotopic (exact) mass is 263 g/mol. The van der Waals surface area contributed by atoms with E-state index in [0.29, 0.717) is 0 Å². The SMILES string of the molecule is CN(CCCCCCl)c1ncnc2ccccc12. The summed E-state index contributed by atoms with van der Waals surface area (Å²) in [5.41, 5.74) is 0.995. The zero-order valence-electron chi connectivity index (χ0n) is 10.6. The molecule has 2 aromatic rings. The van der Waals surface area contributed by atoms with E-state index >= 15 is 0 Å². The third-order valence-corrected chi connectivity index (χ3v) is 3.28. The lowest BCUT2D eigenvalue weighted by atomic mass is 10.2. The number of hydrogen-bond acceptors (Lipinski definition) is 3. The number of unbranched alkanes of at least 4 members (excludes halogenated alkanes) is 2. The largest absolute Gasteiger partial charge is 0.359 e. The average molecular weight is 264 g/mol. The highest BCUT2D eigenvalue weighted by Crippen LogP contribution is 2.21. The molecule has 0 aliphatic heterocycles. The van der Waals surface area contributed by atoms with Crippen LogP contribution in [0.25, 0.3) is 10.9 Å². The number of alkyl halides is 1. The van der Waals surface area contributed by atoms with Gasteiger partial charge >= 0.3 is 0 Å². The van der Waals surface area contributed by atoms with Crippen LogP contribution in [0, 0.1) is 0 Å². The summed E-state index contributed by atoms with van der Waals surface area (Å²) in [5.74, 6) is 1.76. The van der Waals surface area contributed by atoms with Crippen LogP contribution in [0.5, 0.6) is 0 Å². The van der Waals surface area contributed by atoms with Crippen molar-refractivity contribution < 1.29 is 0 Å². The first-order chi connectivity index (χ1) is 8.83. The van der Waals surface area contributed by atoms with Gasteiger partial charge in [0.2, 0.25) is 0 Å². The highest BCUT2D eigenvalue weighted by atomic mass is 35.5. The van der Waals surface area contributed by atoms with E-state index in [0.717, 1.165) is 48.4 Å². The highest BCUT2D eigenvalue weighted by molar-refractivity contribution is 6.17. The van der Waals surface area contributed by atoms with E-state index in [2.05, 4.69) is 28.0 Å². The summed E-state index contributed by atoms with van der Waals surface area (Å²) in [6.45, 7) is 0.998. The number of fused-ring (bicyclic) bond motifs is 1. The summed E-state index contributed by atoms with van der Waals surface area (Å²) in [6, 6.07) is 8.11. The second-order valence-electron chi connectivity index (χ2n) is 4.39. The van der Waals surface area contributed by atoms with Gasteiger partial charge < -0.3 is 4.90 Å². The van der Waals surface area contributed by atoms with Gasteiger partial charge in [0.15, 0.2) is 0 Å². The van der Waals surface area contributed by atoms with Crippen molar-refractivity contribution in [1.29, 1.82) is 0 Å².